The molecule has 2 rings (SSSR count). The van der Waals surface area contributed by atoms with Crippen LogP contribution in [0.1, 0.15) is 25.0 Å². The third kappa shape index (κ3) is 5.95. The number of carbonyl (C=O) groups excluding carboxylic acids is 1. The number of sulfonamides is 1. The zero-order chi connectivity index (χ0) is 20.9. The standard InChI is InChI=1S/C20H25ClN2O4S/c1-13(2)11-22-28(25,26)16-8-9-19(14(3)10-16)27-12-20(24)23-18-7-5-6-17(21)15(18)4/h5-10,13,22H,11-12H2,1-4H3,(H,23,24). The lowest BCUT2D eigenvalue weighted by Gasteiger charge is -2.13. The van der Waals surface area contributed by atoms with Crippen LogP contribution >= 0.6 is 11.6 Å². The molecule has 0 bridgehead atoms. The van der Waals surface area contributed by atoms with E-state index in [2.05, 4.69) is 10.0 Å². The first-order valence-corrected chi connectivity index (χ1v) is 10.7. The number of anilines is 1. The Morgan fingerprint density at radius 2 is 1.89 bits per heavy atom. The molecule has 0 unspecified atom stereocenters. The molecule has 28 heavy (non-hydrogen) atoms. The number of aryl methyl sites for hydroxylation is 1. The van der Waals surface area contributed by atoms with Gasteiger partial charge >= 0.3 is 0 Å². The van der Waals surface area contributed by atoms with Gasteiger partial charge in [-0.2, -0.15) is 0 Å². The molecule has 152 valence electrons. The largest absolute Gasteiger partial charge is 0.483 e. The van der Waals surface area contributed by atoms with Crippen LogP contribution in [0, 0.1) is 19.8 Å². The van der Waals surface area contributed by atoms with Gasteiger partial charge in [0.1, 0.15) is 5.75 Å². The van der Waals surface area contributed by atoms with Crippen molar-refractivity contribution in [3.05, 3.63) is 52.5 Å². The van der Waals surface area contributed by atoms with Crippen LogP contribution in [0.2, 0.25) is 5.02 Å². The van der Waals surface area contributed by atoms with E-state index in [9.17, 15) is 13.2 Å². The van der Waals surface area contributed by atoms with Gasteiger partial charge in [-0.15, -0.1) is 0 Å². The van der Waals surface area contributed by atoms with Crippen LogP contribution in [0.5, 0.6) is 5.75 Å². The normalized spacial score (nSPS) is 11.5. The van der Waals surface area contributed by atoms with E-state index >= 15 is 0 Å². The van der Waals surface area contributed by atoms with Gasteiger partial charge in [-0.05, 0) is 61.2 Å². The number of ether oxygens (including phenoxy) is 1. The SMILES string of the molecule is Cc1cc(S(=O)(=O)NCC(C)C)ccc1OCC(=O)Nc1cccc(Cl)c1C. The number of hydrogen-bond donors (Lipinski definition) is 2. The van der Waals surface area contributed by atoms with Crippen LogP contribution < -0.4 is 14.8 Å². The number of nitrogens with one attached hydrogen (secondary N) is 2. The van der Waals surface area contributed by atoms with Gasteiger partial charge in [-0.25, -0.2) is 13.1 Å². The quantitative estimate of drug-likeness (QED) is 0.672. The molecule has 0 fully saturated rings. The molecule has 0 radical (unpaired) electrons. The lowest BCUT2D eigenvalue weighted by molar-refractivity contribution is -0.118. The van der Waals surface area contributed by atoms with Gasteiger partial charge in [0.25, 0.3) is 5.91 Å². The average molecular weight is 425 g/mol. The summed E-state index contributed by atoms with van der Waals surface area (Å²) in [5.74, 6) is 0.320. The van der Waals surface area contributed by atoms with Crippen molar-refractivity contribution in [3.63, 3.8) is 0 Å². The van der Waals surface area contributed by atoms with E-state index in [4.69, 9.17) is 16.3 Å². The molecule has 6 nitrogen and oxygen atoms in total. The summed E-state index contributed by atoms with van der Waals surface area (Å²) in [4.78, 5) is 12.3. The van der Waals surface area contributed by atoms with Crippen molar-refractivity contribution >= 4 is 33.2 Å². The number of amides is 1. The maximum absolute atomic E-state index is 12.3. The molecule has 0 aliphatic rings. The number of benzene rings is 2. The Morgan fingerprint density at radius 3 is 2.54 bits per heavy atom. The number of halogens is 1. The van der Waals surface area contributed by atoms with Crippen molar-refractivity contribution in [2.75, 3.05) is 18.5 Å². The molecule has 0 spiro atoms. The number of hydrogen-bond acceptors (Lipinski definition) is 4. The van der Waals surface area contributed by atoms with Crippen LogP contribution in [-0.2, 0) is 14.8 Å². The predicted molar refractivity (Wildman–Crippen MR) is 112 cm³/mol. The topological polar surface area (TPSA) is 84.5 Å². The highest BCUT2D eigenvalue weighted by molar-refractivity contribution is 7.89. The van der Waals surface area contributed by atoms with E-state index in [0.717, 1.165) is 5.56 Å². The Hall–Kier alpha value is -2.09. The minimum atomic E-state index is -3.57. The van der Waals surface area contributed by atoms with Crippen molar-refractivity contribution in [3.8, 4) is 5.75 Å². The minimum absolute atomic E-state index is 0.164. The van der Waals surface area contributed by atoms with Gasteiger partial charge < -0.3 is 10.1 Å². The fourth-order valence-electron chi connectivity index (χ4n) is 2.38. The van der Waals surface area contributed by atoms with Crippen LogP contribution in [0.4, 0.5) is 5.69 Å². The first kappa shape index (κ1) is 22.2. The molecule has 0 atom stereocenters. The highest BCUT2D eigenvalue weighted by atomic mass is 35.5. The zero-order valence-corrected chi connectivity index (χ0v) is 17.9. The Kier molecular flexibility index (Phi) is 7.46. The lowest BCUT2D eigenvalue weighted by atomic mass is 10.2. The Morgan fingerprint density at radius 1 is 1.18 bits per heavy atom. The van der Waals surface area contributed by atoms with Gasteiger partial charge in [-0.3, -0.25) is 4.79 Å². The maximum Gasteiger partial charge on any atom is 0.262 e. The van der Waals surface area contributed by atoms with E-state index in [-0.39, 0.29) is 23.3 Å². The smallest absolute Gasteiger partial charge is 0.262 e. The summed E-state index contributed by atoms with van der Waals surface area (Å²) in [6.07, 6.45) is 0. The zero-order valence-electron chi connectivity index (χ0n) is 16.4. The van der Waals surface area contributed by atoms with Crippen molar-refractivity contribution in [1.82, 2.24) is 4.72 Å². The molecule has 8 heteroatoms. The molecule has 1 amide bonds. The van der Waals surface area contributed by atoms with Crippen molar-refractivity contribution in [2.24, 2.45) is 5.92 Å². The van der Waals surface area contributed by atoms with E-state index in [0.29, 0.717) is 28.6 Å². The predicted octanol–water partition coefficient (Wildman–Crippen LogP) is 3.91. The molecule has 0 saturated heterocycles. The fraction of sp³-hybridized carbons (Fsp3) is 0.350. The second-order valence-corrected chi connectivity index (χ2v) is 9.10. The second kappa shape index (κ2) is 9.41. The Balaban J connectivity index is 2.01. The van der Waals surface area contributed by atoms with Crippen LogP contribution in [0.15, 0.2) is 41.3 Å². The van der Waals surface area contributed by atoms with Gasteiger partial charge in [0.2, 0.25) is 10.0 Å². The molecular weight excluding hydrogens is 400 g/mol. The van der Waals surface area contributed by atoms with Gasteiger partial charge in [0.15, 0.2) is 6.61 Å². The second-order valence-electron chi connectivity index (χ2n) is 6.92. The van der Waals surface area contributed by atoms with Crippen LogP contribution in [0.3, 0.4) is 0 Å². The van der Waals surface area contributed by atoms with Gasteiger partial charge in [0.05, 0.1) is 4.90 Å². The molecule has 0 aromatic heterocycles. The van der Waals surface area contributed by atoms with E-state index in [1.54, 1.807) is 31.2 Å². The van der Waals surface area contributed by atoms with Crippen LogP contribution in [-0.4, -0.2) is 27.5 Å². The summed E-state index contributed by atoms with van der Waals surface area (Å²) in [5, 5.41) is 3.32. The van der Waals surface area contributed by atoms with E-state index in [1.807, 2.05) is 20.8 Å². The number of carbonyl (C=O) groups is 1. The van der Waals surface area contributed by atoms with Crippen molar-refractivity contribution in [1.29, 1.82) is 0 Å². The average Bonchev–Trinajstić information content (AvgIpc) is 2.63. The molecule has 2 aromatic carbocycles. The monoisotopic (exact) mass is 424 g/mol. The fourth-order valence-corrected chi connectivity index (χ4v) is 3.86. The molecule has 2 N–H and O–H groups in total. The molecule has 2 aromatic rings. The van der Waals surface area contributed by atoms with Crippen molar-refractivity contribution in [2.45, 2.75) is 32.6 Å². The molecular formula is C20H25ClN2O4S. The van der Waals surface area contributed by atoms with Gasteiger partial charge in [0, 0.05) is 17.3 Å². The highest BCUT2D eigenvalue weighted by Crippen LogP contribution is 2.24. The summed E-state index contributed by atoms with van der Waals surface area (Å²) in [5.41, 5.74) is 2.02. The first-order valence-electron chi connectivity index (χ1n) is 8.88. The van der Waals surface area contributed by atoms with Gasteiger partial charge in [-0.1, -0.05) is 31.5 Å². The summed E-state index contributed by atoms with van der Waals surface area (Å²) < 4.78 is 32.7. The summed E-state index contributed by atoms with van der Waals surface area (Å²) in [7, 11) is -3.57. The lowest BCUT2D eigenvalue weighted by Crippen LogP contribution is -2.27. The molecule has 0 aliphatic heterocycles. The van der Waals surface area contributed by atoms with Crippen LogP contribution in [0.25, 0.3) is 0 Å². The molecule has 0 heterocycles. The third-order valence-corrected chi connectivity index (χ3v) is 5.87. The van der Waals surface area contributed by atoms with E-state index < -0.39 is 10.0 Å². The van der Waals surface area contributed by atoms with E-state index in [1.165, 1.54) is 12.1 Å². The summed E-state index contributed by atoms with van der Waals surface area (Å²) >= 11 is 6.05. The first-order chi connectivity index (χ1) is 13.1. The van der Waals surface area contributed by atoms with Crippen molar-refractivity contribution < 1.29 is 17.9 Å². The minimum Gasteiger partial charge on any atom is -0.483 e. The summed E-state index contributed by atoms with van der Waals surface area (Å²) in [6.45, 7) is 7.57. The molecule has 0 aliphatic carbocycles. The molecule has 0 saturated carbocycles. The Bertz CT molecular complexity index is 959. The Labute approximate surface area is 171 Å². The summed E-state index contributed by atoms with van der Waals surface area (Å²) in [6, 6.07) is 9.80. The third-order valence-electron chi connectivity index (χ3n) is 4.04. The number of rotatable bonds is 8. The maximum atomic E-state index is 12.3. The highest BCUT2D eigenvalue weighted by Gasteiger charge is 2.16.